The Morgan fingerprint density at radius 2 is 1.82 bits per heavy atom. The van der Waals surface area contributed by atoms with E-state index in [0.29, 0.717) is 9.04 Å². The highest BCUT2D eigenvalue weighted by molar-refractivity contribution is 7.34. The van der Waals surface area contributed by atoms with E-state index in [0.717, 1.165) is 0 Å². The Bertz CT molecular complexity index is 75.7. The minimum Gasteiger partial charge on any atom is -0.0654 e. The third-order valence-electron chi connectivity index (χ3n) is 2.35. The van der Waals surface area contributed by atoms with Crippen molar-refractivity contribution in [2.24, 2.45) is 0 Å². The number of hydrogen-bond acceptors (Lipinski definition) is 0. The lowest BCUT2D eigenvalue weighted by molar-refractivity contribution is 0.875. The van der Waals surface area contributed by atoms with Crippen LogP contribution in [-0.2, 0) is 0 Å². The lowest BCUT2D eigenvalue weighted by atomic mass is 10.4. The van der Waals surface area contributed by atoms with Crippen molar-refractivity contribution in [1.29, 1.82) is 0 Å². The van der Waals surface area contributed by atoms with E-state index in [1.807, 2.05) is 0 Å². The largest absolute Gasteiger partial charge is 0.0654 e. The fraction of sp³-hybridized carbons (Fsp3) is 1.00. The van der Waals surface area contributed by atoms with Crippen LogP contribution in [0.1, 0.15) is 39.5 Å². The highest BCUT2D eigenvalue weighted by Gasteiger charge is 2.02. The van der Waals surface area contributed by atoms with E-state index in [9.17, 15) is 0 Å². The predicted molar refractivity (Wildman–Crippen MR) is 65.1 cm³/mol. The van der Waals surface area contributed by atoms with Crippen molar-refractivity contribution in [2.45, 2.75) is 51.6 Å². The zero-order chi connectivity index (χ0) is 8.53. The van der Waals surface area contributed by atoms with E-state index in [-0.39, 0.29) is 7.83 Å². The molecule has 0 amide bonds. The Hall–Kier alpha value is 0.651. The maximum atomic E-state index is 2.33. The predicted octanol–water partition coefficient (Wildman–Crippen LogP) is 0.760. The fourth-order valence-corrected chi connectivity index (χ4v) is 13.9. The molecule has 0 saturated heterocycles. The Morgan fingerprint density at radius 1 is 1.18 bits per heavy atom. The first-order chi connectivity index (χ1) is 5.31. The van der Waals surface area contributed by atoms with Gasteiger partial charge in [0.05, 0.1) is 0 Å². The van der Waals surface area contributed by atoms with E-state index in [1.54, 1.807) is 34.7 Å². The molecule has 0 nitrogen and oxygen atoms in total. The second-order valence-electron chi connectivity index (χ2n) is 3.74. The molecular formula is C8H24Si3. The van der Waals surface area contributed by atoms with Crippen LogP contribution < -0.4 is 0 Å². The van der Waals surface area contributed by atoms with Crippen LogP contribution in [0.2, 0.25) is 12.1 Å². The SMILES string of the molecule is CCCC[SiH2][SiH]([SiH3])CCCC. The Morgan fingerprint density at radius 3 is 2.36 bits per heavy atom. The van der Waals surface area contributed by atoms with E-state index in [1.165, 1.54) is 12.8 Å². The lowest BCUT2D eigenvalue weighted by Crippen LogP contribution is -2.22. The van der Waals surface area contributed by atoms with Gasteiger partial charge in [-0.15, -0.1) is 0 Å². The molecule has 1 atom stereocenters. The van der Waals surface area contributed by atoms with Crippen molar-refractivity contribution in [1.82, 2.24) is 0 Å². The lowest BCUT2D eigenvalue weighted by Gasteiger charge is -2.06. The molecule has 0 rings (SSSR count). The van der Waals surface area contributed by atoms with Gasteiger partial charge < -0.3 is 0 Å². The molecule has 0 saturated carbocycles. The standard InChI is InChI=1S/C8H24Si3/c1-3-5-7-10-11(9)8-6-4-2/h11H,3-8,10H2,1-2,9H3. The van der Waals surface area contributed by atoms with Crippen molar-refractivity contribution in [3.63, 3.8) is 0 Å². The maximum Gasteiger partial charge on any atom is 0.00905 e. The zero-order valence-corrected chi connectivity index (χ0v) is 13.1. The van der Waals surface area contributed by atoms with Gasteiger partial charge in [0, 0.05) is 16.9 Å². The summed E-state index contributed by atoms with van der Waals surface area (Å²) in [4.78, 5) is 0. The molecule has 3 heteroatoms. The number of unbranched alkanes of at least 4 members (excludes halogenated alkanes) is 2. The first-order valence-corrected chi connectivity index (χ1v) is 15.0. The van der Waals surface area contributed by atoms with Crippen LogP contribution in [0.25, 0.3) is 0 Å². The summed E-state index contributed by atoms with van der Waals surface area (Å²) >= 11 is 0. The highest BCUT2D eigenvalue weighted by Crippen LogP contribution is 2.01. The number of hydrogen-bond donors (Lipinski definition) is 0. The average Bonchev–Trinajstić information content (AvgIpc) is 2.01. The van der Waals surface area contributed by atoms with Gasteiger partial charge in [0.15, 0.2) is 0 Å². The third kappa shape index (κ3) is 8.56. The fourth-order valence-electron chi connectivity index (χ4n) is 1.44. The van der Waals surface area contributed by atoms with Gasteiger partial charge in [-0.3, -0.25) is 0 Å². The van der Waals surface area contributed by atoms with E-state index >= 15 is 0 Å². The summed E-state index contributed by atoms with van der Waals surface area (Å²) in [6.45, 7) is 4.65. The molecule has 0 spiro atoms. The van der Waals surface area contributed by atoms with Gasteiger partial charge in [-0.2, -0.15) is 0 Å². The third-order valence-corrected chi connectivity index (χ3v) is 18.0. The molecule has 0 aromatic carbocycles. The van der Waals surface area contributed by atoms with Gasteiger partial charge in [0.2, 0.25) is 0 Å². The van der Waals surface area contributed by atoms with Gasteiger partial charge in [-0.05, 0) is 9.76 Å². The summed E-state index contributed by atoms with van der Waals surface area (Å²) in [5.74, 6) is 0. The first kappa shape index (κ1) is 11.7. The molecule has 11 heavy (non-hydrogen) atoms. The van der Waals surface area contributed by atoms with Crippen molar-refractivity contribution >= 4 is 26.6 Å². The molecule has 0 aliphatic heterocycles. The van der Waals surface area contributed by atoms with Crippen molar-refractivity contribution in [3.05, 3.63) is 0 Å². The van der Waals surface area contributed by atoms with Gasteiger partial charge >= 0.3 is 0 Å². The zero-order valence-electron chi connectivity index (χ0n) is 8.53. The maximum absolute atomic E-state index is 2.33. The quantitative estimate of drug-likeness (QED) is 0.424. The van der Waals surface area contributed by atoms with Crippen molar-refractivity contribution < 1.29 is 0 Å². The molecule has 0 N–H and O–H groups in total. The van der Waals surface area contributed by atoms with Crippen LogP contribution in [0, 0.1) is 0 Å². The molecule has 68 valence electrons. The smallest absolute Gasteiger partial charge is 0.00905 e. The van der Waals surface area contributed by atoms with Gasteiger partial charge in [-0.25, -0.2) is 0 Å². The van der Waals surface area contributed by atoms with Crippen molar-refractivity contribution in [3.8, 4) is 0 Å². The summed E-state index contributed by atoms with van der Waals surface area (Å²) in [5.41, 5.74) is 0. The summed E-state index contributed by atoms with van der Waals surface area (Å²) in [7, 11) is 2.15. The van der Waals surface area contributed by atoms with Gasteiger partial charge in [0.1, 0.15) is 0 Å². The second-order valence-corrected chi connectivity index (χ2v) is 23.5. The molecule has 0 aromatic rings. The molecular weight excluding hydrogens is 180 g/mol. The summed E-state index contributed by atoms with van der Waals surface area (Å²) in [6, 6.07) is 3.39. The van der Waals surface area contributed by atoms with Crippen LogP contribution in [0.15, 0.2) is 0 Å². The van der Waals surface area contributed by atoms with Crippen LogP contribution >= 0.6 is 0 Å². The molecule has 0 bridgehead atoms. The average molecular weight is 205 g/mol. The molecule has 0 heterocycles. The minimum absolute atomic E-state index is 0.0264. The molecule has 1 unspecified atom stereocenters. The van der Waals surface area contributed by atoms with E-state index < -0.39 is 0 Å². The van der Waals surface area contributed by atoms with Gasteiger partial charge in [0.25, 0.3) is 0 Å². The Labute approximate surface area is 78.6 Å². The summed E-state index contributed by atoms with van der Waals surface area (Å²) in [5, 5.41) is 0. The molecule has 0 radical (unpaired) electrons. The second kappa shape index (κ2) is 8.74. The van der Waals surface area contributed by atoms with Crippen LogP contribution in [0.3, 0.4) is 0 Å². The Kier molecular flexibility index (Phi) is 9.26. The van der Waals surface area contributed by atoms with Gasteiger partial charge in [-0.1, -0.05) is 51.6 Å². The Balaban J connectivity index is 3.02. The first-order valence-electron chi connectivity index (χ1n) is 5.31. The molecule has 0 aliphatic rings. The monoisotopic (exact) mass is 204 g/mol. The summed E-state index contributed by atoms with van der Waals surface area (Å²) in [6.07, 6.45) is 5.97. The highest BCUT2D eigenvalue weighted by atomic mass is 29.5. The van der Waals surface area contributed by atoms with Crippen LogP contribution in [0.4, 0.5) is 0 Å². The van der Waals surface area contributed by atoms with Crippen molar-refractivity contribution in [2.75, 3.05) is 0 Å². The topological polar surface area (TPSA) is 0 Å². The molecule has 0 aromatic heterocycles. The van der Waals surface area contributed by atoms with Crippen LogP contribution in [0.5, 0.6) is 0 Å². The van der Waals surface area contributed by atoms with E-state index in [2.05, 4.69) is 13.8 Å². The molecule has 0 aliphatic carbocycles. The minimum atomic E-state index is 0.0264. The number of rotatable bonds is 7. The summed E-state index contributed by atoms with van der Waals surface area (Å²) < 4.78 is 0. The normalized spacial score (nSPS) is 14.7. The van der Waals surface area contributed by atoms with E-state index in [4.69, 9.17) is 0 Å². The van der Waals surface area contributed by atoms with Crippen LogP contribution in [-0.4, -0.2) is 26.6 Å². The molecule has 0 fully saturated rings.